The number of fused-ring (bicyclic) bond motifs is 1. The van der Waals surface area contributed by atoms with E-state index in [1.54, 1.807) is 5.32 Å². The molecule has 1 N–H and O–H groups in total. The lowest BCUT2D eigenvalue weighted by atomic mass is 10.0. The Kier molecular flexibility index (Phi) is 2.06. The molecule has 0 fully saturated rings. The molecule has 3 nitrogen and oxygen atoms in total. The fourth-order valence-corrected chi connectivity index (χ4v) is 1.40. The molecule has 1 amide bonds. The molecule has 1 heterocycles. The first-order valence-corrected chi connectivity index (χ1v) is 4.12. The van der Waals surface area contributed by atoms with E-state index in [4.69, 9.17) is 0 Å². The van der Waals surface area contributed by atoms with Crippen molar-refractivity contribution in [3.05, 3.63) is 29.8 Å². The third-order valence-electron chi connectivity index (χ3n) is 2.02. The first-order chi connectivity index (χ1) is 6.98. The Bertz CT molecular complexity index is 403. The maximum Gasteiger partial charge on any atom is 0.413 e. The third kappa shape index (κ3) is 1.74. The van der Waals surface area contributed by atoms with Gasteiger partial charge in [-0.3, -0.25) is 0 Å². The molecule has 0 bridgehead atoms. The Morgan fingerprint density at radius 2 is 1.93 bits per heavy atom. The van der Waals surface area contributed by atoms with Gasteiger partial charge in [0.15, 0.2) is 6.04 Å². The molecule has 1 unspecified atom stereocenters. The number of benzene rings is 1. The van der Waals surface area contributed by atoms with Crippen molar-refractivity contribution in [1.82, 2.24) is 5.32 Å². The Labute approximate surface area is 82.8 Å². The molecule has 6 heteroatoms. The van der Waals surface area contributed by atoms with Crippen molar-refractivity contribution in [1.29, 1.82) is 0 Å². The van der Waals surface area contributed by atoms with E-state index >= 15 is 0 Å². The molecular weight excluding hydrogens is 211 g/mol. The minimum atomic E-state index is -4.52. The monoisotopic (exact) mass is 217 g/mol. The SMILES string of the molecule is O=C1NC(C(F)(F)F)c2ccccc2O1. The van der Waals surface area contributed by atoms with Crippen LogP contribution >= 0.6 is 0 Å². The van der Waals surface area contributed by atoms with E-state index in [0.29, 0.717) is 0 Å². The molecule has 1 aromatic carbocycles. The predicted octanol–water partition coefficient (Wildman–Crippen LogP) is 2.39. The van der Waals surface area contributed by atoms with Crippen LogP contribution in [0, 0.1) is 0 Å². The van der Waals surface area contributed by atoms with E-state index < -0.39 is 18.3 Å². The van der Waals surface area contributed by atoms with Crippen LogP contribution in [-0.4, -0.2) is 12.3 Å². The van der Waals surface area contributed by atoms with Crippen LogP contribution in [-0.2, 0) is 0 Å². The van der Waals surface area contributed by atoms with Crippen LogP contribution in [0.5, 0.6) is 5.75 Å². The number of alkyl halides is 3. The van der Waals surface area contributed by atoms with Crippen molar-refractivity contribution in [2.75, 3.05) is 0 Å². The maximum atomic E-state index is 12.5. The second-order valence-electron chi connectivity index (χ2n) is 3.05. The van der Waals surface area contributed by atoms with Gasteiger partial charge in [-0.15, -0.1) is 0 Å². The molecule has 15 heavy (non-hydrogen) atoms. The predicted molar refractivity (Wildman–Crippen MR) is 44.4 cm³/mol. The summed E-state index contributed by atoms with van der Waals surface area (Å²) in [5.41, 5.74) is -0.0791. The van der Waals surface area contributed by atoms with Crippen LogP contribution in [0.1, 0.15) is 11.6 Å². The molecule has 2 rings (SSSR count). The van der Waals surface area contributed by atoms with Gasteiger partial charge in [0.2, 0.25) is 0 Å². The topological polar surface area (TPSA) is 38.3 Å². The largest absolute Gasteiger partial charge is 0.413 e. The van der Waals surface area contributed by atoms with Gasteiger partial charge in [-0.2, -0.15) is 13.2 Å². The highest BCUT2D eigenvalue weighted by molar-refractivity contribution is 5.74. The Morgan fingerprint density at radius 3 is 2.60 bits per heavy atom. The van der Waals surface area contributed by atoms with E-state index in [2.05, 4.69) is 4.74 Å². The first kappa shape index (κ1) is 9.82. The van der Waals surface area contributed by atoms with E-state index in [9.17, 15) is 18.0 Å². The fraction of sp³-hybridized carbons (Fsp3) is 0.222. The van der Waals surface area contributed by atoms with Crippen molar-refractivity contribution in [3.63, 3.8) is 0 Å². The summed E-state index contributed by atoms with van der Waals surface area (Å²) < 4.78 is 42.2. The number of ether oxygens (including phenoxy) is 1. The number of carbonyl (C=O) groups excluding carboxylic acids is 1. The Hall–Kier alpha value is -1.72. The fourth-order valence-electron chi connectivity index (χ4n) is 1.40. The highest BCUT2D eigenvalue weighted by Crippen LogP contribution is 2.39. The summed E-state index contributed by atoms with van der Waals surface area (Å²) >= 11 is 0. The van der Waals surface area contributed by atoms with Gasteiger partial charge in [-0.05, 0) is 6.07 Å². The number of nitrogens with one attached hydrogen (secondary N) is 1. The van der Waals surface area contributed by atoms with Crippen LogP contribution in [0.3, 0.4) is 0 Å². The van der Waals surface area contributed by atoms with Crippen LogP contribution in [0.4, 0.5) is 18.0 Å². The van der Waals surface area contributed by atoms with E-state index in [-0.39, 0.29) is 11.3 Å². The van der Waals surface area contributed by atoms with Crippen molar-refractivity contribution in [2.45, 2.75) is 12.2 Å². The quantitative estimate of drug-likeness (QED) is 0.724. The van der Waals surface area contributed by atoms with Crippen molar-refractivity contribution in [3.8, 4) is 5.75 Å². The minimum absolute atomic E-state index is 0.0522. The van der Waals surface area contributed by atoms with E-state index in [0.717, 1.165) is 0 Å². The summed E-state index contributed by atoms with van der Waals surface area (Å²) in [6.45, 7) is 0. The molecule has 1 aliphatic rings. The average Bonchev–Trinajstić information content (AvgIpc) is 2.15. The van der Waals surface area contributed by atoms with Crippen LogP contribution in [0.25, 0.3) is 0 Å². The minimum Gasteiger partial charge on any atom is -0.410 e. The zero-order chi connectivity index (χ0) is 11.1. The molecule has 0 radical (unpaired) electrons. The van der Waals surface area contributed by atoms with Crippen LogP contribution in [0.2, 0.25) is 0 Å². The molecule has 1 aliphatic heterocycles. The summed E-state index contributed by atoms with van der Waals surface area (Å²) in [7, 11) is 0. The average molecular weight is 217 g/mol. The number of rotatable bonds is 0. The van der Waals surface area contributed by atoms with Crippen molar-refractivity contribution < 1.29 is 22.7 Å². The normalized spacial score (nSPS) is 20.2. The number of amides is 1. The second-order valence-corrected chi connectivity index (χ2v) is 3.05. The zero-order valence-electron chi connectivity index (χ0n) is 7.34. The van der Waals surface area contributed by atoms with Gasteiger partial charge in [0.1, 0.15) is 5.75 Å². The standard InChI is InChI=1S/C9H6F3NO2/c10-9(11,12)7-5-3-1-2-4-6(5)15-8(14)13-7/h1-4,7H,(H,13,14). The highest BCUT2D eigenvalue weighted by atomic mass is 19.4. The van der Waals surface area contributed by atoms with E-state index in [1.165, 1.54) is 24.3 Å². The maximum absolute atomic E-state index is 12.5. The summed E-state index contributed by atoms with van der Waals surface area (Å²) in [5.74, 6) is -0.0522. The molecule has 0 spiro atoms. The van der Waals surface area contributed by atoms with Gasteiger partial charge in [-0.1, -0.05) is 18.2 Å². The molecule has 0 aliphatic carbocycles. The number of hydrogen-bond acceptors (Lipinski definition) is 2. The molecule has 80 valence electrons. The van der Waals surface area contributed by atoms with Gasteiger partial charge < -0.3 is 10.1 Å². The smallest absolute Gasteiger partial charge is 0.410 e. The lowest BCUT2D eigenvalue weighted by molar-refractivity contribution is -0.157. The van der Waals surface area contributed by atoms with Crippen LogP contribution in [0.15, 0.2) is 24.3 Å². The zero-order valence-corrected chi connectivity index (χ0v) is 7.34. The first-order valence-electron chi connectivity index (χ1n) is 4.12. The number of carbonyl (C=O) groups is 1. The molecule has 0 saturated heterocycles. The van der Waals surface area contributed by atoms with Crippen LogP contribution < -0.4 is 10.1 Å². The van der Waals surface area contributed by atoms with Crippen molar-refractivity contribution in [2.24, 2.45) is 0 Å². The summed E-state index contributed by atoms with van der Waals surface area (Å²) in [5, 5.41) is 1.73. The summed E-state index contributed by atoms with van der Waals surface area (Å²) in [4.78, 5) is 10.8. The van der Waals surface area contributed by atoms with Gasteiger partial charge in [0, 0.05) is 5.56 Å². The summed E-state index contributed by atoms with van der Waals surface area (Å²) in [6.07, 6.45) is -5.61. The van der Waals surface area contributed by atoms with Gasteiger partial charge in [-0.25, -0.2) is 4.79 Å². The highest BCUT2D eigenvalue weighted by Gasteiger charge is 2.45. The van der Waals surface area contributed by atoms with Gasteiger partial charge in [0.05, 0.1) is 0 Å². The lowest BCUT2D eigenvalue weighted by Gasteiger charge is -2.27. The molecule has 0 saturated carbocycles. The van der Waals surface area contributed by atoms with Gasteiger partial charge in [0.25, 0.3) is 0 Å². The number of para-hydroxylation sites is 1. The Balaban J connectivity index is 2.47. The summed E-state index contributed by atoms with van der Waals surface area (Å²) in [6, 6.07) is 3.57. The number of halogens is 3. The third-order valence-corrected chi connectivity index (χ3v) is 2.02. The molecule has 1 aromatic rings. The van der Waals surface area contributed by atoms with Gasteiger partial charge >= 0.3 is 12.3 Å². The molecule has 0 aromatic heterocycles. The Morgan fingerprint density at radius 1 is 1.27 bits per heavy atom. The lowest BCUT2D eigenvalue weighted by Crippen LogP contribution is -2.43. The molecule has 1 atom stereocenters. The van der Waals surface area contributed by atoms with E-state index in [1.807, 2.05) is 0 Å². The van der Waals surface area contributed by atoms with Crippen molar-refractivity contribution >= 4 is 6.09 Å². The number of hydrogen-bond donors (Lipinski definition) is 1. The molecular formula is C9H6F3NO2. The second kappa shape index (κ2) is 3.15.